The summed E-state index contributed by atoms with van der Waals surface area (Å²) in [6, 6.07) is 4.94. The quantitative estimate of drug-likeness (QED) is 0.821. The van der Waals surface area contributed by atoms with Crippen LogP contribution in [0.25, 0.3) is 11.1 Å². The van der Waals surface area contributed by atoms with Gasteiger partial charge in [-0.1, -0.05) is 6.07 Å². The molecule has 0 atom stereocenters. The highest BCUT2D eigenvalue weighted by Gasteiger charge is 2.11. The molecular weight excluding hydrogens is 222 g/mol. The first-order chi connectivity index (χ1) is 8.20. The van der Waals surface area contributed by atoms with Gasteiger partial charge in [-0.25, -0.2) is 4.98 Å². The molecule has 0 spiro atoms. The number of esters is 1. The standard InChI is InChI=1S/C12H13NO4/c1-2-16-11(15)7-6-10-13-12-8(14)4-3-5-9(12)17-10/h3-5,14H,2,6-7H2,1H3. The molecular formula is C12H13NO4. The highest BCUT2D eigenvalue weighted by Crippen LogP contribution is 2.24. The minimum Gasteiger partial charge on any atom is -0.506 e. The first kappa shape index (κ1) is 11.4. The van der Waals surface area contributed by atoms with E-state index in [0.717, 1.165) is 0 Å². The zero-order chi connectivity index (χ0) is 12.3. The van der Waals surface area contributed by atoms with Crippen LogP contribution in [0.5, 0.6) is 5.75 Å². The number of benzene rings is 1. The Labute approximate surface area is 98.0 Å². The Balaban J connectivity index is 2.10. The van der Waals surface area contributed by atoms with E-state index < -0.39 is 0 Å². The second-order valence-electron chi connectivity index (χ2n) is 3.54. The van der Waals surface area contributed by atoms with E-state index in [4.69, 9.17) is 9.15 Å². The number of oxazole rings is 1. The van der Waals surface area contributed by atoms with Gasteiger partial charge in [0.05, 0.1) is 13.0 Å². The maximum absolute atomic E-state index is 11.2. The molecule has 1 heterocycles. The minimum atomic E-state index is -0.279. The molecule has 1 aromatic carbocycles. The third-order valence-electron chi connectivity index (χ3n) is 2.29. The summed E-state index contributed by atoms with van der Waals surface area (Å²) in [6.45, 7) is 2.13. The van der Waals surface area contributed by atoms with Crippen LogP contribution >= 0.6 is 0 Å². The van der Waals surface area contributed by atoms with Gasteiger partial charge in [-0.2, -0.15) is 0 Å². The van der Waals surface area contributed by atoms with Gasteiger partial charge in [0, 0.05) is 6.42 Å². The molecule has 5 nitrogen and oxygen atoms in total. The van der Waals surface area contributed by atoms with Crippen LogP contribution in [0.2, 0.25) is 0 Å². The molecule has 0 bridgehead atoms. The van der Waals surface area contributed by atoms with Crippen molar-refractivity contribution in [1.82, 2.24) is 4.98 Å². The third kappa shape index (κ3) is 2.55. The van der Waals surface area contributed by atoms with Gasteiger partial charge in [-0.05, 0) is 19.1 Å². The average molecular weight is 235 g/mol. The Kier molecular flexibility index (Phi) is 3.27. The van der Waals surface area contributed by atoms with E-state index in [0.29, 0.717) is 30.0 Å². The van der Waals surface area contributed by atoms with Crippen LogP contribution in [0.3, 0.4) is 0 Å². The largest absolute Gasteiger partial charge is 0.506 e. The second-order valence-corrected chi connectivity index (χ2v) is 3.54. The molecule has 90 valence electrons. The molecule has 1 aromatic heterocycles. The molecule has 0 unspecified atom stereocenters. The van der Waals surface area contributed by atoms with Gasteiger partial charge >= 0.3 is 5.97 Å². The van der Waals surface area contributed by atoms with Crippen LogP contribution in [0, 0.1) is 0 Å². The van der Waals surface area contributed by atoms with E-state index in [1.165, 1.54) is 0 Å². The molecule has 0 aliphatic carbocycles. The van der Waals surface area contributed by atoms with Crippen molar-refractivity contribution in [2.45, 2.75) is 19.8 Å². The van der Waals surface area contributed by atoms with Gasteiger partial charge in [0.2, 0.25) is 0 Å². The van der Waals surface area contributed by atoms with E-state index in [-0.39, 0.29) is 18.1 Å². The van der Waals surface area contributed by atoms with Gasteiger partial charge in [0.1, 0.15) is 5.75 Å². The number of carbonyl (C=O) groups is 1. The Morgan fingerprint density at radius 3 is 3.06 bits per heavy atom. The summed E-state index contributed by atoms with van der Waals surface area (Å²) in [5.74, 6) is 0.224. The topological polar surface area (TPSA) is 72.6 Å². The molecule has 0 saturated heterocycles. The number of fused-ring (bicyclic) bond motifs is 1. The maximum atomic E-state index is 11.2. The lowest BCUT2D eigenvalue weighted by Gasteiger charge is -1.98. The van der Waals surface area contributed by atoms with Crippen LogP contribution in [0.1, 0.15) is 19.2 Å². The number of carbonyl (C=O) groups excluding carboxylic acids is 1. The van der Waals surface area contributed by atoms with Gasteiger partial charge in [-0.3, -0.25) is 4.79 Å². The zero-order valence-electron chi connectivity index (χ0n) is 9.47. The third-order valence-corrected chi connectivity index (χ3v) is 2.29. The lowest BCUT2D eigenvalue weighted by Crippen LogP contribution is -2.05. The Bertz CT molecular complexity index is 532. The maximum Gasteiger partial charge on any atom is 0.306 e. The summed E-state index contributed by atoms with van der Waals surface area (Å²) in [5, 5.41) is 9.53. The van der Waals surface area contributed by atoms with E-state index in [1.54, 1.807) is 25.1 Å². The fourth-order valence-corrected chi connectivity index (χ4v) is 1.53. The fourth-order valence-electron chi connectivity index (χ4n) is 1.53. The summed E-state index contributed by atoms with van der Waals surface area (Å²) in [7, 11) is 0. The number of phenolic OH excluding ortho intramolecular Hbond substituents is 1. The van der Waals surface area contributed by atoms with Crippen molar-refractivity contribution >= 4 is 17.1 Å². The van der Waals surface area contributed by atoms with Crippen molar-refractivity contribution in [1.29, 1.82) is 0 Å². The van der Waals surface area contributed by atoms with Crippen LogP contribution in [-0.4, -0.2) is 22.7 Å². The second kappa shape index (κ2) is 4.86. The molecule has 0 saturated carbocycles. The van der Waals surface area contributed by atoms with Crippen molar-refractivity contribution in [3.05, 3.63) is 24.1 Å². The Morgan fingerprint density at radius 1 is 1.53 bits per heavy atom. The highest BCUT2D eigenvalue weighted by atomic mass is 16.5. The summed E-state index contributed by atoms with van der Waals surface area (Å²) >= 11 is 0. The van der Waals surface area contributed by atoms with Crippen molar-refractivity contribution in [2.24, 2.45) is 0 Å². The number of phenols is 1. The van der Waals surface area contributed by atoms with Gasteiger partial charge in [0.15, 0.2) is 17.0 Å². The first-order valence-corrected chi connectivity index (χ1v) is 5.43. The molecule has 0 radical (unpaired) electrons. The molecule has 2 rings (SSSR count). The number of rotatable bonds is 4. The predicted molar refractivity (Wildman–Crippen MR) is 60.6 cm³/mol. The monoisotopic (exact) mass is 235 g/mol. The van der Waals surface area contributed by atoms with E-state index in [1.807, 2.05) is 0 Å². The number of para-hydroxylation sites is 1. The number of hydrogen-bond donors (Lipinski definition) is 1. The molecule has 5 heteroatoms. The molecule has 17 heavy (non-hydrogen) atoms. The molecule has 2 aromatic rings. The number of nitrogens with zero attached hydrogens (tertiary/aromatic N) is 1. The average Bonchev–Trinajstić information content (AvgIpc) is 2.71. The number of aromatic nitrogens is 1. The van der Waals surface area contributed by atoms with Gasteiger partial charge in [0.25, 0.3) is 0 Å². The summed E-state index contributed by atoms with van der Waals surface area (Å²) < 4.78 is 10.2. The summed E-state index contributed by atoms with van der Waals surface area (Å²) in [6.07, 6.45) is 0.592. The molecule has 0 aliphatic heterocycles. The van der Waals surface area contributed by atoms with Gasteiger partial charge in [-0.15, -0.1) is 0 Å². The number of hydrogen-bond acceptors (Lipinski definition) is 5. The Hall–Kier alpha value is -2.04. The lowest BCUT2D eigenvalue weighted by molar-refractivity contribution is -0.143. The van der Waals surface area contributed by atoms with Crippen molar-refractivity contribution in [3.8, 4) is 5.75 Å². The minimum absolute atomic E-state index is 0.0774. The van der Waals surface area contributed by atoms with Crippen LogP contribution < -0.4 is 0 Å². The zero-order valence-corrected chi connectivity index (χ0v) is 9.47. The molecule has 1 N–H and O–H groups in total. The first-order valence-electron chi connectivity index (χ1n) is 5.43. The van der Waals surface area contributed by atoms with Crippen LogP contribution in [-0.2, 0) is 16.0 Å². The predicted octanol–water partition coefficient (Wildman–Crippen LogP) is 2.03. The number of aryl methyl sites for hydroxylation is 1. The lowest BCUT2D eigenvalue weighted by atomic mass is 10.3. The van der Waals surface area contributed by atoms with Crippen LogP contribution in [0.4, 0.5) is 0 Å². The van der Waals surface area contributed by atoms with Crippen LogP contribution in [0.15, 0.2) is 22.6 Å². The number of aromatic hydroxyl groups is 1. The SMILES string of the molecule is CCOC(=O)CCc1nc2c(O)cccc2o1. The van der Waals surface area contributed by atoms with Crippen molar-refractivity contribution in [3.63, 3.8) is 0 Å². The van der Waals surface area contributed by atoms with Gasteiger partial charge < -0.3 is 14.3 Å². The summed E-state index contributed by atoms with van der Waals surface area (Å²) in [5.41, 5.74) is 0.940. The number of ether oxygens (including phenoxy) is 1. The highest BCUT2D eigenvalue weighted by molar-refractivity contribution is 5.79. The smallest absolute Gasteiger partial charge is 0.306 e. The van der Waals surface area contributed by atoms with Crippen molar-refractivity contribution in [2.75, 3.05) is 6.61 Å². The summed E-state index contributed by atoms with van der Waals surface area (Å²) in [4.78, 5) is 15.3. The normalized spacial score (nSPS) is 10.6. The van der Waals surface area contributed by atoms with E-state index in [2.05, 4.69) is 4.98 Å². The molecule has 0 amide bonds. The van der Waals surface area contributed by atoms with Crippen molar-refractivity contribution < 1.29 is 19.1 Å². The van der Waals surface area contributed by atoms with E-state index in [9.17, 15) is 9.90 Å². The molecule has 0 aliphatic rings. The Morgan fingerprint density at radius 2 is 2.35 bits per heavy atom. The fraction of sp³-hybridized carbons (Fsp3) is 0.333. The molecule has 0 fully saturated rings. The van der Waals surface area contributed by atoms with E-state index >= 15 is 0 Å².